The Morgan fingerprint density at radius 3 is 2.27 bits per heavy atom. The van der Waals surface area contributed by atoms with Gasteiger partial charge in [0.05, 0.1) is 7.11 Å². The summed E-state index contributed by atoms with van der Waals surface area (Å²) >= 11 is 0. The van der Waals surface area contributed by atoms with Gasteiger partial charge in [-0.25, -0.2) is 4.98 Å². The van der Waals surface area contributed by atoms with Gasteiger partial charge in [-0.15, -0.1) is 0 Å². The third-order valence-corrected chi connectivity index (χ3v) is 7.74. The van der Waals surface area contributed by atoms with Crippen molar-refractivity contribution in [2.24, 2.45) is 5.92 Å². The summed E-state index contributed by atoms with van der Waals surface area (Å²) in [6, 6.07) is 18.5. The first-order valence-electron chi connectivity index (χ1n) is 13.0. The molecule has 5 nitrogen and oxygen atoms in total. The third kappa shape index (κ3) is 5.41. The second kappa shape index (κ2) is 11.4. The number of hydrogen-bond acceptors (Lipinski definition) is 5. The van der Waals surface area contributed by atoms with Crippen molar-refractivity contribution in [2.45, 2.75) is 38.4 Å². The maximum Gasteiger partial charge on any atom is 0.212 e. The van der Waals surface area contributed by atoms with E-state index in [1.54, 1.807) is 27.5 Å². The summed E-state index contributed by atoms with van der Waals surface area (Å²) in [5.74, 6) is 0.829. The Hall–Kier alpha value is -3.22. The number of hydrogen-bond donors (Lipinski definition) is 0. The number of halogens is 1. The van der Waals surface area contributed by atoms with Crippen molar-refractivity contribution in [1.29, 1.82) is 0 Å². The number of nitrogens with zero attached hydrogens (tertiary/aromatic N) is 2. The molecule has 1 saturated heterocycles. The van der Waals surface area contributed by atoms with Gasteiger partial charge in [-0.05, 0) is 102 Å². The molecule has 37 heavy (non-hydrogen) atoms. The zero-order valence-electron chi connectivity index (χ0n) is 21.9. The van der Waals surface area contributed by atoms with Crippen LogP contribution in [0.5, 0.6) is 5.75 Å². The standard InChI is InChI=1S/C31H35FN2O3/c1-35-26-12-13-28-23(19-26)5-4-6-27(24-9-14-29(32)33-20-24)30(28)21-7-10-25(11-8-21)34-17-15-22(16-18-34)31(36-2)37-3/h7-14,19-20,22,31H,4-6,15-18H2,1-3H3. The number of pyridine rings is 1. The van der Waals surface area contributed by atoms with Gasteiger partial charge in [0.2, 0.25) is 5.95 Å². The molecule has 1 aliphatic heterocycles. The normalized spacial score (nSPS) is 16.6. The Balaban J connectivity index is 1.49. The molecule has 0 atom stereocenters. The molecule has 0 radical (unpaired) electrons. The average molecular weight is 503 g/mol. The smallest absolute Gasteiger partial charge is 0.212 e. The van der Waals surface area contributed by atoms with Crippen LogP contribution in [-0.2, 0) is 15.9 Å². The Bertz CT molecular complexity index is 1230. The molecule has 0 amide bonds. The molecule has 2 aliphatic rings. The van der Waals surface area contributed by atoms with Crippen molar-refractivity contribution in [3.63, 3.8) is 0 Å². The number of aromatic nitrogens is 1. The minimum atomic E-state index is -0.458. The second-order valence-corrected chi connectivity index (χ2v) is 9.81. The van der Waals surface area contributed by atoms with Gasteiger partial charge in [-0.1, -0.05) is 18.2 Å². The SMILES string of the molecule is COc1ccc2c(c1)CCCC(c1ccc(F)nc1)=C2c1ccc(N2CCC(C(OC)OC)CC2)cc1. The van der Waals surface area contributed by atoms with E-state index >= 15 is 0 Å². The van der Waals surface area contributed by atoms with Gasteiger partial charge < -0.3 is 19.1 Å². The predicted octanol–water partition coefficient (Wildman–Crippen LogP) is 6.36. The zero-order chi connectivity index (χ0) is 25.8. The van der Waals surface area contributed by atoms with Crippen LogP contribution in [-0.4, -0.2) is 45.7 Å². The Morgan fingerprint density at radius 2 is 1.62 bits per heavy atom. The minimum absolute atomic E-state index is 0.134. The highest BCUT2D eigenvalue weighted by atomic mass is 19.1. The van der Waals surface area contributed by atoms with Crippen molar-refractivity contribution in [3.8, 4) is 5.75 Å². The van der Waals surface area contributed by atoms with Crippen LogP contribution in [0.4, 0.5) is 10.1 Å². The Morgan fingerprint density at radius 1 is 0.892 bits per heavy atom. The van der Waals surface area contributed by atoms with Gasteiger partial charge in [-0.3, -0.25) is 0 Å². The molecule has 1 aromatic heterocycles. The summed E-state index contributed by atoms with van der Waals surface area (Å²) in [7, 11) is 5.13. The number of anilines is 1. The van der Waals surface area contributed by atoms with Gasteiger partial charge in [0, 0.05) is 45.1 Å². The highest BCUT2D eigenvalue weighted by molar-refractivity contribution is 6.00. The molecule has 0 N–H and O–H groups in total. The van der Waals surface area contributed by atoms with Gasteiger partial charge in [-0.2, -0.15) is 4.39 Å². The molecule has 2 heterocycles. The number of allylic oxidation sites excluding steroid dienone is 1. The van der Waals surface area contributed by atoms with Crippen LogP contribution in [0.1, 0.15) is 47.9 Å². The van der Waals surface area contributed by atoms with Crippen molar-refractivity contribution in [2.75, 3.05) is 39.3 Å². The first-order chi connectivity index (χ1) is 18.1. The van der Waals surface area contributed by atoms with Crippen LogP contribution < -0.4 is 9.64 Å². The lowest BCUT2D eigenvalue weighted by Gasteiger charge is -2.36. The number of aryl methyl sites for hydroxylation is 1. The molecule has 0 bridgehead atoms. The molecule has 0 saturated carbocycles. The summed E-state index contributed by atoms with van der Waals surface area (Å²) in [6.07, 6.45) is 6.47. The summed E-state index contributed by atoms with van der Waals surface area (Å²) in [5.41, 5.74) is 8.23. The predicted molar refractivity (Wildman–Crippen MR) is 145 cm³/mol. The van der Waals surface area contributed by atoms with E-state index in [1.807, 2.05) is 12.1 Å². The lowest BCUT2D eigenvalue weighted by atomic mass is 9.88. The molecule has 2 aromatic carbocycles. The van der Waals surface area contributed by atoms with Gasteiger partial charge >= 0.3 is 0 Å². The van der Waals surface area contributed by atoms with E-state index < -0.39 is 5.95 Å². The lowest BCUT2D eigenvalue weighted by Crippen LogP contribution is -2.39. The van der Waals surface area contributed by atoms with Crippen molar-refractivity contribution in [3.05, 3.63) is 89.0 Å². The maximum absolute atomic E-state index is 13.6. The van der Waals surface area contributed by atoms with Crippen LogP contribution in [0.15, 0.2) is 60.8 Å². The average Bonchev–Trinajstić information content (AvgIpc) is 3.14. The van der Waals surface area contributed by atoms with Gasteiger partial charge in [0.25, 0.3) is 0 Å². The topological polar surface area (TPSA) is 43.8 Å². The number of rotatable bonds is 7. The molecule has 1 fully saturated rings. The van der Waals surface area contributed by atoms with Crippen LogP contribution in [0.3, 0.4) is 0 Å². The highest BCUT2D eigenvalue weighted by Crippen LogP contribution is 2.41. The van der Waals surface area contributed by atoms with Crippen LogP contribution in [0, 0.1) is 11.9 Å². The zero-order valence-corrected chi connectivity index (χ0v) is 21.9. The number of benzene rings is 2. The highest BCUT2D eigenvalue weighted by Gasteiger charge is 2.27. The van der Waals surface area contributed by atoms with E-state index in [9.17, 15) is 4.39 Å². The van der Waals surface area contributed by atoms with E-state index in [1.165, 1.54) is 34.0 Å². The molecule has 6 heteroatoms. The van der Waals surface area contributed by atoms with E-state index in [2.05, 4.69) is 46.3 Å². The Labute approximate surface area is 218 Å². The summed E-state index contributed by atoms with van der Waals surface area (Å²) in [5, 5.41) is 0. The number of ether oxygens (including phenoxy) is 3. The molecule has 1 aliphatic carbocycles. The van der Waals surface area contributed by atoms with Crippen molar-refractivity contribution >= 4 is 16.8 Å². The molecule has 0 spiro atoms. The second-order valence-electron chi connectivity index (χ2n) is 9.81. The Kier molecular flexibility index (Phi) is 7.87. The molecule has 0 unspecified atom stereocenters. The monoisotopic (exact) mass is 502 g/mol. The van der Waals surface area contributed by atoms with Crippen molar-refractivity contribution in [1.82, 2.24) is 4.98 Å². The summed E-state index contributed by atoms with van der Waals surface area (Å²) in [6.45, 7) is 1.95. The lowest BCUT2D eigenvalue weighted by molar-refractivity contribution is -0.141. The maximum atomic E-state index is 13.6. The van der Waals surface area contributed by atoms with E-state index in [0.29, 0.717) is 5.92 Å². The van der Waals surface area contributed by atoms with Crippen LogP contribution in [0.2, 0.25) is 0 Å². The number of piperidine rings is 1. The molecule has 5 rings (SSSR count). The summed E-state index contributed by atoms with van der Waals surface area (Å²) < 4.78 is 30.1. The van der Waals surface area contributed by atoms with Crippen LogP contribution in [0.25, 0.3) is 11.1 Å². The quantitative estimate of drug-likeness (QED) is 0.278. The first kappa shape index (κ1) is 25.4. The fraction of sp³-hybridized carbons (Fsp3) is 0.387. The largest absolute Gasteiger partial charge is 0.497 e. The molecule has 3 aromatic rings. The van der Waals surface area contributed by atoms with E-state index in [0.717, 1.165) is 62.1 Å². The molecular weight excluding hydrogens is 467 g/mol. The third-order valence-electron chi connectivity index (χ3n) is 7.74. The molecule has 194 valence electrons. The number of fused-ring (bicyclic) bond motifs is 1. The van der Waals surface area contributed by atoms with Gasteiger partial charge in [0.15, 0.2) is 6.29 Å². The van der Waals surface area contributed by atoms with Crippen molar-refractivity contribution < 1.29 is 18.6 Å². The fourth-order valence-corrected chi connectivity index (χ4v) is 5.81. The molecular formula is C31H35FN2O3. The summed E-state index contributed by atoms with van der Waals surface area (Å²) in [4.78, 5) is 6.40. The minimum Gasteiger partial charge on any atom is -0.497 e. The van der Waals surface area contributed by atoms with Crippen LogP contribution >= 0.6 is 0 Å². The fourth-order valence-electron chi connectivity index (χ4n) is 5.81. The first-order valence-corrected chi connectivity index (χ1v) is 13.0. The van der Waals surface area contributed by atoms with E-state index in [-0.39, 0.29) is 6.29 Å². The number of methoxy groups -OCH3 is 3. The van der Waals surface area contributed by atoms with E-state index in [4.69, 9.17) is 14.2 Å². The van der Waals surface area contributed by atoms with Gasteiger partial charge in [0.1, 0.15) is 5.75 Å².